The standard InChI is InChI=1S/C23H24N4/c1-17-6-3-4-8-20(17)22-16-27(2)23(26-22)11-10-19-7-5-9-21(25-19)18-12-14-24-15-13-18/h3-5,7-9,12-17H,6,10-11H2,1-2H3. The molecule has 0 aromatic carbocycles. The molecule has 3 aromatic heterocycles. The zero-order valence-electron chi connectivity index (χ0n) is 15.8. The third-order valence-corrected chi connectivity index (χ3v) is 5.09. The molecule has 3 heterocycles. The Kier molecular flexibility index (Phi) is 4.97. The van der Waals surface area contributed by atoms with Gasteiger partial charge in [-0.2, -0.15) is 0 Å². The van der Waals surface area contributed by atoms with Crippen molar-refractivity contribution < 1.29 is 0 Å². The fourth-order valence-corrected chi connectivity index (χ4v) is 3.50. The quantitative estimate of drug-likeness (QED) is 0.669. The summed E-state index contributed by atoms with van der Waals surface area (Å²) >= 11 is 0. The van der Waals surface area contributed by atoms with E-state index in [-0.39, 0.29) is 0 Å². The van der Waals surface area contributed by atoms with E-state index in [1.54, 1.807) is 12.4 Å². The fourth-order valence-electron chi connectivity index (χ4n) is 3.50. The van der Waals surface area contributed by atoms with Crippen molar-refractivity contribution in [2.75, 3.05) is 0 Å². The number of rotatable bonds is 5. The first-order chi connectivity index (χ1) is 13.2. The molecule has 136 valence electrons. The lowest BCUT2D eigenvalue weighted by molar-refractivity contribution is 0.752. The maximum Gasteiger partial charge on any atom is 0.109 e. The molecule has 0 bridgehead atoms. The van der Waals surface area contributed by atoms with Crippen molar-refractivity contribution in [3.63, 3.8) is 0 Å². The predicted molar refractivity (Wildman–Crippen MR) is 109 cm³/mol. The number of hydrogen-bond donors (Lipinski definition) is 0. The van der Waals surface area contributed by atoms with Crippen LogP contribution in [0.1, 0.15) is 30.6 Å². The second-order valence-corrected chi connectivity index (χ2v) is 7.09. The van der Waals surface area contributed by atoms with Gasteiger partial charge in [-0.3, -0.25) is 9.97 Å². The Balaban J connectivity index is 1.50. The highest BCUT2D eigenvalue weighted by molar-refractivity contribution is 5.67. The molecule has 4 heteroatoms. The summed E-state index contributed by atoms with van der Waals surface area (Å²) in [6.45, 7) is 2.26. The normalized spacial score (nSPS) is 16.4. The monoisotopic (exact) mass is 356 g/mol. The predicted octanol–water partition coefficient (Wildman–Crippen LogP) is 4.64. The fraction of sp³-hybridized carbons (Fsp3) is 0.261. The molecule has 27 heavy (non-hydrogen) atoms. The highest BCUT2D eigenvalue weighted by Crippen LogP contribution is 2.28. The molecule has 0 aliphatic heterocycles. The molecule has 0 radical (unpaired) electrons. The number of imidazole rings is 1. The van der Waals surface area contributed by atoms with Crippen LogP contribution in [0.25, 0.3) is 16.8 Å². The first-order valence-electron chi connectivity index (χ1n) is 9.46. The van der Waals surface area contributed by atoms with Crippen LogP contribution in [0.3, 0.4) is 0 Å². The van der Waals surface area contributed by atoms with E-state index in [4.69, 9.17) is 9.97 Å². The van der Waals surface area contributed by atoms with E-state index in [0.717, 1.165) is 47.7 Å². The van der Waals surface area contributed by atoms with Crippen LogP contribution in [0, 0.1) is 5.92 Å². The van der Waals surface area contributed by atoms with Crippen molar-refractivity contribution in [2.45, 2.75) is 26.2 Å². The Morgan fingerprint density at radius 3 is 2.70 bits per heavy atom. The summed E-state index contributed by atoms with van der Waals surface area (Å²) in [6, 6.07) is 10.2. The topological polar surface area (TPSA) is 43.6 Å². The SMILES string of the molecule is CC1CC=CC=C1c1cn(C)c(CCc2cccc(-c3ccncc3)n2)n1. The molecule has 0 saturated carbocycles. The average molecular weight is 356 g/mol. The van der Waals surface area contributed by atoms with Crippen LogP contribution < -0.4 is 0 Å². The van der Waals surface area contributed by atoms with Gasteiger partial charge in [-0.1, -0.05) is 31.2 Å². The number of allylic oxidation sites excluding steroid dienone is 4. The summed E-state index contributed by atoms with van der Waals surface area (Å²) in [5.41, 5.74) is 5.60. The van der Waals surface area contributed by atoms with Gasteiger partial charge < -0.3 is 4.57 Å². The van der Waals surface area contributed by atoms with Crippen LogP contribution in [0.4, 0.5) is 0 Å². The van der Waals surface area contributed by atoms with Crippen molar-refractivity contribution in [1.29, 1.82) is 0 Å². The van der Waals surface area contributed by atoms with E-state index in [1.165, 1.54) is 5.57 Å². The minimum atomic E-state index is 0.525. The largest absolute Gasteiger partial charge is 0.337 e. The van der Waals surface area contributed by atoms with E-state index < -0.39 is 0 Å². The van der Waals surface area contributed by atoms with Crippen molar-refractivity contribution in [1.82, 2.24) is 19.5 Å². The molecule has 1 aliphatic carbocycles. The van der Waals surface area contributed by atoms with E-state index in [0.29, 0.717) is 5.92 Å². The molecule has 3 aromatic rings. The third-order valence-electron chi connectivity index (χ3n) is 5.09. The van der Waals surface area contributed by atoms with Gasteiger partial charge in [0.25, 0.3) is 0 Å². The number of pyridine rings is 2. The molecule has 1 aliphatic rings. The summed E-state index contributed by atoms with van der Waals surface area (Å²) in [4.78, 5) is 13.8. The highest BCUT2D eigenvalue weighted by atomic mass is 15.0. The molecule has 4 rings (SSSR count). The van der Waals surface area contributed by atoms with E-state index in [1.807, 2.05) is 18.2 Å². The number of aryl methyl sites for hydroxylation is 3. The maximum atomic E-state index is 4.90. The molecule has 0 saturated heterocycles. The molecular weight excluding hydrogens is 332 g/mol. The van der Waals surface area contributed by atoms with Gasteiger partial charge >= 0.3 is 0 Å². The molecule has 0 spiro atoms. The summed E-state index contributed by atoms with van der Waals surface area (Å²) in [5, 5.41) is 0. The molecule has 0 N–H and O–H groups in total. The molecule has 0 fully saturated rings. The highest BCUT2D eigenvalue weighted by Gasteiger charge is 2.16. The zero-order chi connectivity index (χ0) is 18.6. The minimum Gasteiger partial charge on any atom is -0.337 e. The van der Waals surface area contributed by atoms with Crippen molar-refractivity contribution in [3.8, 4) is 11.3 Å². The van der Waals surface area contributed by atoms with Gasteiger partial charge in [0.1, 0.15) is 5.82 Å². The Bertz CT molecular complexity index is 983. The second kappa shape index (κ2) is 7.70. The summed E-state index contributed by atoms with van der Waals surface area (Å²) in [5.74, 6) is 1.63. The van der Waals surface area contributed by atoms with Crippen molar-refractivity contribution >= 4 is 5.57 Å². The summed E-state index contributed by atoms with van der Waals surface area (Å²) in [7, 11) is 2.08. The Labute approximate surface area is 160 Å². The van der Waals surface area contributed by atoms with Crippen LogP contribution in [0.15, 0.2) is 67.2 Å². The van der Waals surface area contributed by atoms with Crippen LogP contribution >= 0.6 is 0 Å². The second-order valence-electron chi connectivity index (χ2n) is 7.09. The summed E-state index contributed by atoms with van der Waals surface area (Å²) < 4.78 is 2.15. The number of aromatic nitrogens is 4. The van der Waals surface area contributed by atoms with Crippen LogP contribution in [-0.4, -0.2) is 19.5 Å². The molecule has 1 atom stereocenters. The van der Waals surface area contributed by atoms with Gasteiger partial charge in [-0.15, -0.1) is 0 Å². The molecular formula is C23H24N4. The minimum absolute atomic E-state index is 0.525. The van der Waals surface area contributed by atoms with Crippen LogP contribution in [0.2, 0.25) is 0 Å². The van der Waals surface area contributed by atoms with Gasteiger partial charge in [-0.05, 0) is 48.6 Å². The summed E-state index contributed by atoms with van der Waals surface area (Å²) in [6.07, 6.45) is 15.1. The van der Waals surface area contributed by atoms with Gasteiger partial charge in [-0.25, -0.2) is 4.98 Å². The van der Waals surface area contributed by atoms with Gasteiger partial charge in [0.05, 0.1) is 11.4 Å². The lowest BCUT2D eigenvalue weighted by Crippen LogP contribution is -2.02. The van der Waals surface area contributed by atoms with Crippen molar-refractivity contribution in [3.05, 3.63) is 84.4 Å². The molecule has 4 nitrogen and oxygen atoms in total. The molecule has 1 unspecified atom stereocenters. The number of nitrogens with zero attached hydrogens (tertiary/aromatic N) is 4. The van der Waals surface area contributed by atoms with Gasteiger partial charge in [0, 0.05) is 43.3 Å². The van der Waals surface area contributed by atoms with Gasteiger partial charge in [0.15, 0.2) is 0 Å². The van der Waals surface area contributed by atoms with Gasteiger partial charge in [0.2, 0.25) is 0 Å². The average Bonchev–Trinajstić information content (AvgIpc) is 3.08. The first kappa shape index (κ1) is 17.4. The van der Waals surface area contributed by atoms with Crippen LogP contribution in [0.5, 0.6) is 0 Å². The van der Waals surface area contributed by atoms with Crippen LogP contribution in [-0.2, 0) is 19.9 Å². The first-order valence-corrected chi connectivity index (χ1v) is 9.46. The lowest BCUT2D eigenvalue weighted by atomic mass is 9.91. The number of hydrogen-bond acceptors (Lipinski definition) is 3. The maximum absolute atomic E-state index is 4.90. The Morgan fingerprint density at radius 2 is 1.89 bits per heavy atom. The van der Waals surface area contributed by atoms with Crippen molar-refractivity contribution in [2.24, 2.45) is 13.0 Å². The zero-order valence-corrected chi connectivity index (χ0v) is 15.8. The van der Waals surface area contributed by atoms with E-state index in [2.05, 4.69) is 60.1 Å². The Hall–Kier alpha value is -3.01. The lowest BCUT2D eigenvalue weighted by Gasteiger charge is -2.14. The molecule has 0 amide bonds. The third kappa shape index (κ3) is 3.90. The Morgan fingerprint density at radius 1 is 1.04 bits per heavy atom. The smallest absolute Gasteiger partial charge is 0.109 e. The van der Waals surface area contributed by atoms with E-state index >= 15 is 0 Å². The van der Waals surface area contributed by atoms with E-state index in [9.17, 15) is 0 Å².